The van der Waals surface area contributed by atoms with Crippen molar-refractivity contribution in [2.75, 3.05) is 10.6 Å². The van der Waals surface area contributed by atoms with E-state index in [1.54, 1.807) is 0 Å². The minimum absolute atomic E-state index is 0.523. The van der Waals surface area contributed by atoms with Gasteiger partial charge in [0.2, 0.25) is 0 Å². The van der Waals surface area contributed by atoms with Gasteiger partial charge in [0.15, 0.2) is 5.11 Å². The van der Waals surface area contributed by atoms with Gasteiger partial charge in [0.25, 0.3) is 0 Å². The summed E-state index contributed by atoms with van der Waals surface area (Å²) in [5.74, 6) is 0. The van der Waals surface area contributed by atoms with Crippen LogP contribution in [0.25, 0.3) is 0 Å². The predicted octanol–water partition coefficient (Wildman–Crippen LogP) is 3.81. The van der Waals surface area contributed by atoms with Gasteiger partial charge in [-0.1, -0.05) is 17.7 Å². The minimum atomic E-state index is 0.523. The van der Waals surface area contributed by atoms with Gasteiger partial charge >= 0.3 is 0 Å². The van der Waals surface area contributed by atoms with Crippen LogP contribution in [-0.2, 0) is 7.05 Å². The highest BCUT2D eigenvalue weighted by atomic mass is 35.5. The Morgan fingerprint density at radius 3 is 2.55 bits per heavy atom. The number of benzene rings is 1. The molecule has 0 unspecified atom stereocenters. The first-order valence-corrected chi connectivity index (χ1v) is 7.02. The molecule has 20 heavy (non-hydrogen) atoms. The highest BCUT2D eigenvalue weighted by Gasteiger charge is 2.11. The summed E-state index contributed by atoms with van der Waals surface area (Å²) in [5, 5.41) is 11.9. The van der Waals surface area contributed by atoms with Crippen LogP contribution in [0.4, 0.5) is 11.4 Å². The van der Waals surface area contributed by atoms with Crippen LogP contribution in [0, 0.1) is 20.8 Å². The number of aromatic nitrogens is 2. The van der Waals surface area contributed by atoms with E-state index in [9.17, 15) is 0 Å². The summed E-state index contributed by atoms with van der Waals surface area (Å²) >= 11 is 11.4. The standard InChI is InChI=1S/C14H17ClN4S/c1-8-11(15)6-5-7-12(8)16-14(20)17-13-9(2)18-19(4)10(13)3/h5-7H,1-4H3,(H2,16,17,20). The summed E-state index contributed by atoms with van der Waals surface area (Å²) in [6.45, 7) is 5.89. The van der Waals surface area contributed by atoms with Crippen LogP contribution in [-0.4, -0.2) is 14.9 Å². The molecule has 2 rings (SSSR count). The number of nitrogens with zero attached hydrogens (tertiary/aromatic N) is 2. The molecular weight excluding hydrogens is 292 g/mol. The number of hydrogen-bond acceptors (Lipinski definition) is 2. The molecule has 4 nitrogen and oxygen atoms in total. The van der Waals surface area contributed by atoms with E-state index in [0.717, 1.165) is 28.3 Å². The van der Waals surface area contributed by atoms with Crippen molar-refractivity contribution < 1.29 is 0 Å². The maximum absolute atomic E-state index is 6.09. The number of halogens is 1. The molecule has 0 amide bonds. The third-order valence-electron chi connectivity index (χ3n) is 3.26. The second-order valence-electron chi connectivity index (χ2n) is 4.66. The Bertz CT molecular complexity index is 663. The Labute approximate surface area is 129 Å². The van der Waals surface area contributed by atoms with E-state index in [0.29, 0.717) is 10.1 Å². The van der Waals surface area contributed by atoms with E-state index < -0.39 is 0 Å². The van der Waals surface area contributed by atoms with Crippen molar-refractivity contribution in [2.45, 2.75) is 20.8 Å². The fourth-order valence-corrected chi connectivity index (χ4v) is 2.35. The van der Waals surface area contributed by atoms with Gasteiger partial charge in [0.05, 0.1) is 17.1 Å². The van der Waals surface area contributed by atoms with Gasteiger partial charge in [-0.3, -0.25) is 4.68 Å². The van der Waals surface area contributed by atoms with Crippen LogP contribution < -0.4 is 10.6 Å². The Morgan fingerprint density at radius 1 is 1.25 bits per heavy atom. The first-order chi connectivity index (χ1) is 9.40. The average Bonchev–Trinajstić information content (AvgIpc) is 2.62. The van der Waals surface area contributed by atoms with Crippen molar-refractivity contribution in [1.29, 1.82) is 0 Å². The molecule has 1 heterocycles. The molecule has 2 aromatic rings. The number of hydrogen-bond donors (Lipinski definition) is 2. The lowest BCUT2D eigenvalue weighted by Gasteiger charge is -2.13. The first-order valence-electron chi connectivity index (χ1n) is 6.23. The Hall–Kier alpha value is -1.59. The molecule has 1 aromatic carbocycles. The minimum Gasteiger partial charge on any atom is -0.332 e. The normalized spacial score (nSPS) is 10.4. The van der Waals surface area contributed by atoms with E-state index in [1.165, 1.54) is 0 Å². The van der Waals surface area contributed by atoms with E-state index in [2.05, 4.69) is 15.7 Å². The lowest BCUT2D eigenvalue weighted by molar-refractivity contribution is 0.731. The van der Waals surface area contributed by atoms with Crippen LogP contribution >= 0.6 is 23.8 Å². The van der Waals surface area contributed by atoms with Crippen LogP contribution in [0.1, 0.15) is 17.0 Å². The SMILES string of the molecule is Cc1nn(C)c(C)c1NC(=S)Nc1cccc(Cl)c1C. The third-order valence-corrected chi connectivity index (χ3v) is 3.88. The van der Waals surface area contributed by atoms with Gasteiger partial charge in [0, 0.05) is 17.8 Å². The lowest BCUT2D eigenvalue weighted by atomic mass is 10.2. The molecule has 0 spiro atoms. The molecule has 0 atom stereocenters. The van der Waals surface area contributed by atoms with Gasteiger partial charge in [-0.15, -0.1) is 0 Å². The fourth-order valence-electron chi connectivity index (χ4n) is 1.96. The van der Waals surface area contributed by atoms with Gasteiger partial charge in [-0.05, 0) is 50.7 Å². The van der Waals surface area contributed by atoms with Crippen molar-refractivity contribution in [3.63, 3.8) is 0 Å². The van der Waals surface area contributed by atoms with E-state index in [-0.39, 0.29) is 0 Å². The summed E-state index contributed by atoms with van der Waals surface area (Å²) < 4.78 is 1.82. The molecular formula is C14H17ClN4S. The highest BCUT2D eigenvalue weighted by molar-refractivity contribution is 7.80. The number of thiocarbonyl (C=S) groups is 1. The topological polar surface area (TPSA) is 41.9 Å². The molecule has 0 saturated carbocycles. The molecule has 0 radical (unpaired) electrons. The van der Waals surface area contributed by atoms with Crippen molar-refractivity contribution in [3.8, 4) is 0 Å². The summed E-state index contributed by atoms with van der Waals surface area (Å²) in [6.07, 6.45) is 0. The van der Waals surface area contributed by atoms with E-state index in [4.69, 9.17) is 23.8 Å². The Morgan fingerprint density at radius 2 is 1.95 bits per heavy atom. The maximum atomic E-state index is 6.09. The molecule has 0 bridgehead atoms. The quantitative estimate of drug-likeness (QED) is 0.828. The molecule has 0 fully saturated rings. The zero-order chi connectivity index (χ0) is 14.9. The van der Waals surface area contributed by atoms with Crippen LogP contribution in [0.3, 0.4) is 0 Å². The smallest absolute Gasteiger partial charge is 0.175 e. The highest BCUT2D eigenvalue weighted by Crippen LogP contribution is 2.24. The molecule has 0 saturated heterocycles. The summed E-state index contributed by atoms with van der Waals surface area (Å²) in [7, 11) is 1.91. The molecule has 6 heteroatoms. The van der Waals surface area contributed by atoms with Crippen LogP contribution in [0.15, 0.2) is 18.2 Å². The largest absolute Gasteiger partial charge is 0.332 e. The Kier molecular flexibility index (Phi) is 4.30. The van der Waals surface area contributed by atoms with Crippen molar-refractivity contribution >= 4 is 40.3 Å². The van der Waals surface area contributed by atoms with Gasteiger partial charge in [-0.2, -0.15) is 5.10 Å². The van der Waals surface area contributed by atoms with Crippen LogP contribution in [0.2, 0.25) is 5.02 Å². The first kappa shape index (κ1) is 14.8. The van der Waals surface area contributed by atoms with Crippen molar-refractivity contribution in [3.05, 3.63) is 40.2 Å². The summed E-state index contributed by atoms with van der Waals surface area (Å²) in [4.78, 5) is 0. The second kappa shape index (κ2) is 5.81. The van der Waals surface area contributed by atoms with E-state index in [1.807, 2.05) is 50.7 Å². The molecule has 106 valence electrons. The fraction of sp³-hybridized carbons (Fsp3) is 0.286. The number of aryl methyl sites for hydroxylation is 2. The van der Waals surface area contributed by atoms with Gasteiger partial charge < -0.3 is 10.6 Å². The number of nitrogens with one attached hydrogen (secondary N) is 2. The molecule has 2 N–H and O–H groups in total. The molecule has 0 aliphatic rings. The lowest BCUT2D eigenvalue weighted by Crippen LogP contribution is -2.20. The number of anilines is 2. The molecule has 0 aliphatic carbocycles. The van der Waals surface area contributed by atoms with Crippen LogP contribution in [0.5, 0.6) is 0 Å². The monoisotopic (exact) mass is 308 g/mol. The van der Waals surface area contributed by atoms with Crippen molar-refractivity contribution in [2.24, 2.45) is 7.05 Å². The zero-order valence-corrected chi connectivity index (χ0v) is 13.5. The number of rotatable bonds is 2. The second-order valence-corrected chi connectivity index (χ2v) is 5.48. The summed E-state index contributed by atoms with van der Waals surface area (Å²) in [5.41, 5.74) is 4.75. The van der Waals surface area contributed by atoms with E-state index >= 15 is 0 Å². The third kappa shape index (κ3) is 2.94. The van der Waals surface area contributed by atoms with Gasteiger partial charge in [-0.25, -0.2) is 0 Å². The zero-order valence-electron chi connectivity index (χ0n) is 11.9. The Balaban J connectivity index is 2.15. The summed E-state index contributed by atoms with van der Waals surface area (Å²) in [6, 6.07) is 5.69. The van der Waals surface area contributed by atoms with Gasteiger partial charge in [0.1, 0.15) is 0 Å². The van der Waals surface area contributed by atoms with Crippen molar-refractivity contribution in [1.82, 2.24) is 9.78 Å². The average molecular weight is 309 g/mol. The maximum Gasteiger partial charge on any atom is 0.175 e. The predicted molar refractivity (Wildman–Crippen MR) is 88.7 cm³/mol. The molecule has 0 aliphatic heterocycles. The molecule has 1 aromatic heterocycles.